The van der Waals surface area contributed by atoms with Crippen molar-refractivity contribution in [2.24, 2.45) is 7.05 Å². The van der Waals surface area contributed by atoms with Gasteiger partial charge in [-0.2, -0.15) is 5.10 Å². The quantitative estimate of drug-likeness (QED) is 0.761. The Morgan fingerprint density at radius 2 is 2.20 bits per heavy atom. The summed E-state index contributed by atoms with van der Waals surface area (Å²) >= 11 is 6.30. The number of rotatable bonds is 8. The second kappa shape index (κ2) is 7.45. The van der Waals surface area contributed by atoms with Crippen LogP contribution in [0.1, 0.15) is 31.2 Å². The molecule has 0 atom stereocenters. The predicted octanol–water partition coefficient (Wildman–Crippen LogP) is 2.40. The molecule has 0 aromatic carbocycles. The average Bonchev–Trinajstić information content (AvgIpc) is 3.04. The van der Waals surface area contributed by atoms with E-state index in [1.54, 1.807) is 0 Å². The summed E-state index contributed by atoms with van der Waals surface area (Å²) < 4.78 is 3.98. The van der Waals surface area contributed by atoms with E-state index < -0.39 is 0 Å². The lowest BCUT2D eigenvalue weighted by Gasteiger charge is -2.06. The lowest BCUT2D eigenvalue weighted by atomic mass is 10.3. The fraction of sp³-hybridized carbons (Fsp3) is 0.571. The second-order valence-electron chi connectivity index (χ2n) is 4.87. The number of nitrogens with zero attached hydrogens (tertiary/aromatic N) is 4. The van der Waals surface area contributed by atoms with Crippen LogP contribution in [0.2, 0.25) is 5.02 Å². The van der Waals surface area contributed by atoms with Crippen LogP contribution in [0.5, 0.6) is 0 Å². The lowest BCUT2D eigenvalue weighted by molar-refractivity contribution is 0.555. The highest BCUT2D eigenvalue weighted by Crippen LogP contribution is 2.20. The van der Waals surface area contributed by atoms with Gasteiger partial charge in [0.05, 0.1) is 22.7 Å². The van der Waals surface area contributed by atoms with Gasteiger partial charge in [0.1, 0.15) is 0 Å². The topological polar surface area (TPSA) is 47.7 Å². The fourth-order valence-electron chi connectivity index (χ4n) is 2.18. The van der Waals surface area contributed by atoms with E-state index in [-0.39, 0.29) is 0 Å². The van der Waals surface area contributed by atoms with Gasteiger partial charge in [0, 0.05) is 32.5 Å². The van der Waals surface area contributed by atoms with Crippen molar-refractivity contribution < 1.29 is 0 Å². The molecule has 0 aliphatic heterocycles. The zero-order chi connectivity index (χ0) is 14.4. The van der Waals surface area contributed by atoms with Crippen molar-refractivity contribution in [3.05, 3.63) is 35.1 Å². The molecule has 5 nitrogen and oxygen atoms in total. The summed E-state index contributed by atoms with van der Waals surface area (Å²) in [6.45, 7) is 4.85. The smallest absolute Gasteiger partial charge is 0.0945 e. The maximum atomic E-state index is 6.30. The summed E-state index contributed by atoms with van der Waals surface area (Å²) in [6, 6.07) is 0. The molecule has 0 radical (unpaired) electrons. The number of unbranched alkanes of at least 4 members (excludes halogenated alkanes) is 1. The third-order valence-corrected chi connectivity index (χ3v) is 3.81. The lowest BCUT2D eigenvalue weighted by Crippen LogP contribution is -2.17. The monoisotopic (exact) mass is 295 g/mol. The van der Waals surface area contributed by atoms with E-state index in [0.717, 1.165) is 55.3 Å². The Morgan fingerprint density at radius 3 is 2.85 bits per heavy atom. The van der Waals surface area contributed by atoms with Crippen LogP contribution >= 0.6 is 11.6 Å². The van der Waals surface area contributed by atoms with Crippen LogP contribution in [0.15, 0.2) is 18.7 Å². The van der Waals surface area contributed by atoms with Crippen LogP contribution in [-0.4, -0.2) is 25.9 Å². The molecule has 1 N–H and O–H groups in total. The summed E-state index contributed by atoms with van der Waals surface area (Å²) in [6.07, 6.45) is 8.81. The second-order valence-corrected chi connectivity index (χ2v) is 5.25. The predicted molar refractivity (Wildman–Crippen MR) is 80.8 cm³/mol. The van der Waals surface area contributed by atoms with Crippen molar-refractivity contribution >= 4 is 11.6 Å². The number of aryl methyl sites for hydroxylation is 3. The molecule has 0 spiro atoms. The van der Waals surface area contributed by atoms with E-state index in [9.17, 15) is 0 Å². The van der Waals surface area contributed by atoms with Crippen LogP contribution in [0.4, 0.5) is 0 Å². The van der Waals surface area contributed by atoms with Crippen molar-refractivity contribution in [1.29, 1.82) is 0 Å². The van der Waals surface area contributed by atoms with Crippen LogP contribution in [-0.2, 0) is 26.6 Å². The first-order chi connectivity index (χ1) is 9.72. The van der Waals surface area contributed by atoms with Gasteiger partial charge in [-0.3, -0.25) is 4.68 Å². The van der Waals surface area contributed by atoms with Gasteiger partial charge in [0.2, 0.25) is 0 Å². The molecular weight excluding hydrogens is 274 g/mol. The normalized spacial score (nSPS) is 11.2. The van der Waals surface area contributed by atoms with Crippen molar-refractivity contribution in [2.75, 3.05) is 6.54 Å². The number of halogens is 1. The van der Waals surface area contributed by atoms with E-state index in [1.165, 1.54) is 0 Å². The Labute approximate surface area is 125 Å². The van der Waals surface area contributed by atoms with Gasteiger partial charge in [-0.25, -0.2) is 4.98 Å². The highest BCUT2D eigenvalue weighted by Gasteiger charge is 2.11. The van der Waals surface area contributed by atoms with Crippen LogP contribution in [0.3, 0.4) is 0 Å². The average molecular weight is 296 g/mol. The molecule has 2 rings (SSSR count). The van der Waals surface area contributed by atoms with Crippen LogP contribution in [0, 0.1) is 0 Å². The maximum absolute atomic E-state index is 6.30. The molecule has 0 aliphatic carbocycles. The van der Waals surface area contributed by atoms with Gasteiger partial charge in [0.25, 0.3) is 0 Å². The Hall–Kier alpha value is -1.33. The number of imidazole rings is 1. The Kier molecular flexibility index (Phi) is 5.61. The molecule has 0 fully saturated rings. The van der Waals surface area contributed by atoms with Crippen LogP contribution in [0.25, 0.3) is 0 Å². The number of aromatic nitrogens is 4. The van der Waals surface area contributed by atoms with Gasteiger partial charge in [-0.1, -0.05) is 18.5 Å². The minimum absolute atomic E-state index is 0.771. The standard InChI is InChI=1S/C14H22ClN5/c1-3-12-14(15)13(19(2)18-12)10-16-6-4-5-8-20-9-7-17-11-20/h7,9,11,16H,3-6,8,10H2,1-2H3. The van der Waals surface area contributed by atoms with E-state index in [2.05, 4.69) is 26.9 Å². The molecule has 2 aromatic heterocycles. The molecule has 6 heteroatoms. The minimum atomic E-state index is 0.771. The summed E-state index contributed by atoms with van der Waals surface area (Å²) in [5.41, 5.74) is 2.05. The molecule has 2 heterocycles. The SMILES string of the molecule is CCc1nn(C)c(CNCCCCn2ccnc2)c1Cl. The maximum Gasteiger partial charge on any atom is 0.0945 e. The summed E-state index contributed by atoms with van der Waals surface area (Å²) in [5.74, 6) is 0. The zero-order valence-electron chi connectivity index (χ0n) is 12.1. The number of nitrogens with one attached hydrogen (secondary N) is 1. The molecule has 0 saturated carbocycles. The first kappa shape index (κ1) is 15.1. The summed E-state index contributed by atoms with van der Waals surface area (Å²) in [4.78, 5) is 4.03. The van der Waals surface area contributed by atoms with Gasteiger partial charge in [-0.05, 0) is 25.8 Å². The molecule has 110 valence electrons. The first-order valence-electron chi connectivity index (χ1n) is 7.09. The van der Waals surface area contributed by atoms with Gasteiger partial charge >= 0.3 is 0 Å². The molecule has 0 saturated heterocycles. The van der Waals surface area contributed by atoms with E-state index >= 15 is 0 Å². The number of hydrogen-bond acceptors (Lipinski definition) is 3. The Balaban J connectivity index is 1.67. The molecule has 0 unspecified atom stereocenters. The third-order valence-electron chi connectivity index (χ3n) is 3.37. The Morgan fingerprint density at radius 1 is 1.35 bits per heavy atom. The zero-order valence-corrected chi connectivity index (χ0v) is 12.9. The van der Waals surface area contributed by atoms with E-state index in [1.807, 2.05) is 30.5 Å². The highest BCUT2D eigenvalue weighted by atomic mass is 35.5. The third kappa shape index (κ3) is 3.84. The number of hydrogen-bond donors (Lipinski definition) is 1. The van der Waals surface area contributed by atoms with Crippen LogP contribution < -0.4 is 5.32 Å². The largest absolute Gasteiger partial charge is 0.337 e. The molecule has 20 heavy (non-hydrogen) atoms. The van der Waals surface area contributed by atoms with Crippen molar-refractivity contribution in [3.8, 4) is 0 Å². The fourth-order valence-corrected chi connectivity index (χ4v) is 2.54. The minimum Gasteiger partial charge on any atom is -0.337 e. The molecule has 0 aliphatic rings. The molecular formula is C14H22ClN5. The highest BCUT2D eigenvalue weighted by molar-refractivity contribution is 6.31. The summed E-state index contributed by atoms with van der Waals surface area (Å²) in [7, 11) is 1.95. The van der Waals surface area contributed by atoms with Gasteiger partial charge in [-0.15, -0.1) is 0 Å². The van der Waals surface area contributed by atoms with Gasteiger partial charge in [0.15, 0.2) is 0 Å². The summed E-state index contributed by atoms with van der Waals surface area (Å²) in [5, 5.41) is 8.65. The van der Waals surface area contributed by atoms with Crippen molar-refractivity contribution in [3.63, 3.8) is 0 Å². The first-order valence-corrected chi connectivity index (χ1v) is 7.47. The van der Waals surface area contributed by atoms with E-state index in [4.69, 9.17) is 11.6 Å². The van der Waals surface area contributed by atoms with Crippen molar-refractivity contribution in [1.82, 2.24) is 24.6 Å². The van der Waals surface area contributed by atoms with Crippen molar-refractivity contribution in [2.45, 2.75) is 39.3 Å². The Bertz CT molecular complexity index is 518. The van der Waals surface area contributed by atoms with E-state index in [0.29, 0.717) is 0 Å². The molecule has 2 aromatic rings. The molecule has 0 bridgehead atoms. The molecule has 0 amide bonds. The van der Waals surface area contributed by atoms with Gasteiger partial charge < -0.3 is 9.88 Å².